The van der Waals surface area contributed by atoms with Crippen LogP contribution in [0.1, 0.15) is 22.3 Å². The van der Waals surface area contributed by atoms with Gasteiger partial charge in [0.25, 0.3) is 0 Å². The van der Waals surface area contributed by atoms with E-state index >= 15 is 0 Å². The standard InChI is InChI=1S/C27H30N6O/c1-16-22(13-31-26-25(16)30-6-8-34-26)18-9-19-12-27(29,32-14-23(19)24(28)11-18)21-4-3-17-5-7-33(2)15-20(17)10-21/h3-4,9-14,30,32H,5-8,15,28-29H2,1-2H3. The van der Waals surface area contributed by atoms with Gasteiger partial charge in [0, 0.05) is 48.5 Å². The Bertz CT molecular complexity index is 1430. The minimum absolute atomic E-state index is 0.625. The summed E-state index contributed by atoms with van der Waals surface area (Å²) in [5.74, 6) is 0.654. The van der Waals surface area contributed by atoms with E-state index in [-0.39, 0.29) is 0 Å². The predicted octanol–water partition coefficient (Wildman–Crippen LogP) is 1.36. The largest absolute Gasteiger partial charge is 0.474 e. The number of fused-ring (bicyclic) bond motifs is 3. The van der Waals surface area contributed by atoms with Crippen LogP contribution in [0.15, 0.2) is 36.5 Å². The summed E-state index contributed by atoms with van der Waals surface area (Å²) in [5.41, 5.74) is 21.2. The maximum Gasteiger partial charge on any atom is 0.237 e. The van der Waals surface area contributed by atoms with E-state index in [2.05, 4.69) is 64.8 Å². The summed E-state index contributed by atoms with van der Waals surface area (Å²) in [6.45, 7) is 5.51. The Morgan fingerprint density at radius 3 is 2.94 bits per heavy atom. The van der Waals surface area contributed by atoms with E-state index < -0.39 is 5.66 Å². The third kappa shape index (κ3) is 3.40. The van der Waals surface area contributed by atoms with Crippen molar-refractivity contribution >= 4 is 23.7 Å². The van der Waals surface area contributed by atoms with Gasteiger partial charge in [-0.25, -0.2) is 4.98 Å². The zero-order valence-corrected chi connectivity index (χ0v) is 19.6. The maximum absolute atomic E-state index is 6.93. The Labute approximate surface area is 199 Å². The second-order valence-corrected chi connectivity index (χ2v) is 9.59. The number of nitrogens with zero attached hydrogens (tertiary/aromatic N) is 2. The molecule has 174 valence electrons. The average molecular weight is 455 g/mol. The predicted molar refractivity (Wildman–Crippen MR) is 136 cm³/mol. The fourth-order valence-electron chi connectivity index (χ4n) is 5.25. The first-order chi connectivity index (χ1) is 16.4. The number of nitrogens with one attached hydrogen (secondary N) is 2. The molecule has 3 aromatic rings. The fraction of sp³-hybridized carbons (Fsp3) is 0.296. The molecular weight excluding hydrogens is 424 g/mol. The highest BCUT2D eigenvalue weighted by Crippen LogP contribution is 2.35. The van der Waals surface area contributed by atoms with Gasteiger partial charge in [-0.15, -0.1) is 0 Å². The van der Waals surface area contributed by atoms with Crippen LogP contribution in [0, 0.1) is 6.92 Å². The Hall–Kier alpha value is -3.55. The molecule has 0 saturated carbocycles. The molecule has 1 unspecified atom stereocenters. The van der Waals surface area contributed by atoms with E-state index in [9.17, 15) is 0 Å². The van der Waals surface area contributed by atoms with Crippen molar-refractivity contribution in [1.82, 2.24) is 15.2 Å². The molecule has 4 heterocycles. The molecule has 3 aliphatic rings. The van der Waals surface area contributed by atoms with Gasteiger partial charge in [-0.1, -0.05) is 18.2 Å². The van der Waals surface area contributed by atoms with E-state index in [1.165, 1.54) is 11.1 Å². The molecule has 0 bridgehead atoms. The Morgan fingerprint density at radius 2 is 2.06 bits per heavy atom. The summed E-state index contributed by atoms with van der Waals surface area (Å²) in [4.78, 5) is 6.88. The number of nitrogens with two attached hydrogens (primary N) is 2. The van der Waals surface area contributed by atoms with Crippen molar-refractivity contribution in [3.8, 4) is 17.0 Å². The van der Waals surface area contributed by atoms with Crippen LogP contribution in [-0.4, -0.2) is 36.6 Å². The molecule has 6 N–H and O–H groups in total. The van der Waals surface area contributed by atoms with Gasteiger partial charge in [0.1, 0.15) is 18.0 Å². The number of likely N-dealkylation sites (N-methyl/N-ethyl adjacent to an activating group) is 1. The van der Waals surface area contributed by atoms with E-state index in [0.717, 1.165) is 64.4 Å². The van der Waals surface area contributed by atoms with E-state index in [1.54, 1.807) is 0 Å². The number of hydrogen-bond donors (Lipinski definition) is 4. The highest BCUT2D eigenvalue weighted by atomic mass is 16.5. The molecular formula is C27H30N6O. The second kappa shape index (κ2) is 7.75. The summed E-state index contributed by atoms with van der Waals surface area (Å²) in [6, 6.07) is 10.8. The van der Waals surface area contributed by atoms with Crippen molar-refractivity contribution in [3.63, 3.8) is 0 Å². The number of pyridine rings is 1. The van der Waals surface area contributed by atoms with Crippen LogP contribution in [0.4, 0.5) is 11.4 Å². The minimum atomic E-state index is -0.818. The van der Waals surface area contributed by atoms with Crippen molar-refractivity contribution in [2.75, 3.05) is 37.8 Å². The highest BCUT2D eigenvalue weighted by Gasteiger charge is 2.27. The van der Waals surface area contributed by atoms with Gasteiger partial charge in [-0.2, -0.15) is 0 Å². The van der Waals surface area contributed by atoms with Gasteiger partial charge in [-0.3, -0.25) is 0 Å². The monoisotopic (exact) mass is 454 g/mol. The third-order valence-corrected chi connectivity index (χ3v) is 7.23. The van der Waals surface area contributed by atoms with Crippen LogP contribution in [0.2, 0.25) is 0 Å². The van der Waals surface area contributed by atoms with Crippen LogP contribution in [0.5, 0.6) is 5.88 Å². The molecule has 3 aliphatic heterocycles. The van der Waals surface area contributed by atoms with Gasteiger partial charge in [0.15, 0.2) is 0 Å². The number of hydrogen-bond acceptors (Lipinski definition) is 7. The van der Waals surface area contributed by atoms with Gasteiger partial charge < -0.3 is 31.7 Å². The van der Waals surface area contributed by atoms with Crippen molar-refractivity contribution in [2.24, 2.45) is 5.73 Å². The summed E-state index contributed by atoms with van der Waals surface area (Å²) >= 11 is 0. The van der Waals surface area contributed by atoms with Gasteiger partial charge >= 0.3 is 0 Å². The lowest BCUT2D eigenvalue weighted by Gasteiger charge is -2.32. The molecule has 0 radical (unpaired) electrons. The zero-order chi connectivity index (χ0) is 23.4. The molecule has 0 aliphatic carbocycles. The first-order valence-corrected chi connectivity index (χ1v) is 11.8. The van der Waals surface area contributed by atoms with Crippen molar-refractivity contribution in [2.45, 2.75) is 25.6 Å². The molecule has 0 fully saturated rings. The molecule has 0 spiro atoms. The molecule has 6 rings (SSSR count). The minimum Gasteiger partial charge on any atom is -0.474 e. The molecule has 1 aromatic heterocycles. The number of rotatable bonds is 2. The van der Waals surface area contributed by atoms with E-state index in [0.29, 0.717) is 18.2 Å². The molecule has 34 heavy (non-hydrogen) atoms. The average Bonchev–Trinajstić information content (AvgIpc) is 2.83. The topological polar surface area (TPSA) is 101 Å². The van der Waals surface area contributed by atoms with Crippen LogP contribution < -0.4 is 37.3 Å². The number of benzene rings is 2. The number of anilines is 2. The van der Waals surface area contributed by atoms with Crippen LogP contribution >= 0.6 is 0 Å². The van der Waals surface area contributed by atoms with Crippen molar-refractivity contribution < 1.29 is 4.74 Å². The molecule has 7 heteroatoms. The Morgan fingerprint density at radius 1 is 1.18 bits per heavy atom. The molecule has 7 nitrogen and oxygen atoms in total. The number of aromatic nitrogens is 1. The van der Waals surface area contributed by atoms with Crippen molar-refractivity contribution in [3.05, 3.63) is 69.2 Å². The fourth-order valence-corrected chi connectivity index (χ4v) is 5.25. The second-order valence-electron chi connectivity index (χ2n) is 9.59. The Balaban J connectivity index is 1.45. The zero-order valence-electron chi connectivity index (χ0n) is 19.6. The molecule has 0 amide bonds. The number of ether oxygens (including phenoxy) is 1. The quantitative estimate of drug-likeness (QED) is 0.434. The highest BCUT2D eigenvalue weighted by molar-refractivity contribution is 5.78. The lowest BCUT2D eigenvalue weighted by atomic mass is 9.90. The summed E-state index contributed by atoms with van der Waals surface area (Å²) in [5, 5.41) is 8.78. The van der Waals surface area contributed by atoms with Gasteiger partial charge in [-0.05, 0) is 71.6 Å². The van der Waals surface area contributed by atoms with Crippen LogP contribution in [0.25, 0.3) is 23.4 Å². The van der Waals surface area contributed by atoms with E-state index in [4.69, 9.17) is 16.2 Å². The summed E-state index contributed by atoms with van der Waals surface area (Å²) < 4.78 is 5.69. The van der Waals surface area contributed by atoms with Crippen LogP contribution in [0.3, 0.4) is 0 Å². The first-order valence-electron chi connectivity index (χ1n) is 11.8. The number of nitrogen functional groups attached to an aromatic ring is 1. The third-order valence-electron chi connectivity index (χ3n) is 7.23. The molecule has 0 saturated heterocycles. The normalized spacial score (nSPS) is 20.9. The Kier molecular flexibility index (Phi) is 4.79. The SMILES string of the molecule is Cc1c(-c2cc(N)c3c(c2)=CC(N)(c2ccc4c(c2)CN(C)CC4)NC=3)cnc2c1NCCO2. The maximum atomic E-state index is 6.93. The summed E-state index contributed by atoms with van der Waals surface area (Å²) in [6.07, 6.45) is 6.96. The molecule has 1 atom stereocenters. The smallest absolute Gasteiger partial charge is 0.237 e. The van der Waals surface area contributed by atoms with Crippen molar-refractivity contribution in [1.29, 1.82) is 0 Å². The van der Waals surface area contributed by atoms with Crippen LogP contribution in [-0.2, 0) is 18.6 Å². The molecule has 2 aromatic carbocycles. The first kappa shape index (κ1) is 21.0. The van der Waals surface area contributed by atoms with Gasteiger partial charge in [0.05, 0.1) is 0 Å². The lowest BCUT2D eigenvalue weighted by Crippen LogP contribution is -2.53. The van der Waals surface area contributed by atoms with Gasteiger partial charge in [0.2, 0.25) is 5.88 Å². The van der Waals surface area contributed by atoms with E-state index in [1.807, 2.05) is 18.5 Å². The summed E-state index contributed by atoms with van der Waals surface area (Å²) in [7, 11) is 2.16. The lowest BCUT2D eigenvalue weighted by molar-refractivity contribution is 0.310.